The molecule has 0 aliphatic heterocycles. The molecule has 2 heterocycles. The number of tetrazole rings is 1. The molecule has 0 unspecified atom stereocenters. The highest BCUT2D eigenvalue weighted by Crippen LogP contribution is 2.12. The van der Waals surface area contributed by atoms with Crippen LogP contribution in [0.3, 0.4) is 0 Å². The van der Waals surface area contributed by atoms with Crippen molar-refractivity contribution in [1.29, 1.82) is 0 Å². The third-order valence-corrected chi connectivity index (χ3v) is 3.01. The topological polar surface area (TPSA) is 68.5 Å². The van der Waals surface area contributed by atoms with Crippen LogP contribution in [0, 0.1) is 0 Å². The molecule has 2 aromatic heterocycles. The average Bonchev–Trinajstić information content (AvgIpc) is 2.97. The molecule has 6 nitrogen and oxygen atoms in total. The Kier molecular flexibility index (Phi) is 3.97. The highest BCUT2D eigenvalue weighted by atomic mass is 15.6. The summed E-state index contributed by atoms with van der Waals surface area (Å²) in [5.74, 6) is 0.627. The van der Waals surface area contributed by atoms with Crippen molar-refractivity contribution >= 4 is 0 Å². The van der Waals surface area contributed by atoms with Gasteiger partial charge in [0.15, 0.2) is 0 Å². The first-order chi connectivity index (χ1) is 10.3. The minimum absolute atomic E-state index is 0.511. The Morgan fingerprint density at radius 2 is 1.81 bits per heavy atom. The molecule has 0 radical (unpaired) electrons. The summed E-state index contributed by atoms with van der Waals surface area (Å²) in [4.78, 5) is 6.11. The lowest BCUT2D eigenvalue weighted by molar-refractivity contribution is 0.562. The van der Waals surface area contributed by atoms with Crippen molar-refractivity contribution in [2.45, 2.75) is 13.1 Å². The molecule has 0 aliphatic rings. The first-order valence-corrected chi connectivity index (χ1v) is 6.78. The molecule has 0 saturated carbocycles. The summed E-state index contributed by atoms with van der Waals surface area (Å²) < 4.78 is 0. The molecule has 0 aliphatic carbocycles. The van der Waals surface area contributed by atoms with E-state index in [1.54, 1.807) is 4.80 Å². The number of aromatic nitrogens is 5. The summed E-state index contributed by atoms with van der Waals surface area (Å²) >= 11 is 0. The molecular formula is C15H16N6. The second-order valence-corrected chi connectivity index (χ2v) is 4.66. The fourth-order valence-electron chi connectivity index (χ4n) is 2.05. The molecule has 0 amide bonds. The van der Waals surface area contributed by atoms with Crippen LogP contribution in [0.5, 0.6) is 0 Å². The minimum atomic E-state index is 0.511. The number of nitrogens with one attached hydrogen (secondary N) is 1. The molecule has 1 N–H and O–H groups in total. The number of benzene rings is 1. The van der Waals surface area contributed by atoms with Gasteiger partial charge in [-0.15, -0.1) is 10.2 Å². The van der Waals surface area contributed by atoms with Crippen LogP contribution in [-0.2, 0) is 13.1 Å². The predicted molar refractivity (Wildman–Crippen MR) is 79.4 cm³/mol. The van der Waals surface area contributed by atoms with E-state index < -0.39 is 0 Å². The molecule has 106 valence electrons. The zero-order chi connectivity index (χ0) is 14.5. The number of hydrogen-bond acceptors (Lipinski definition) is 5. The van der Waals surface area contributed by atoms with Crippen molar-refractivity contribution < 1.29 is 0 Å². The van der Waals surface area contributed by atoms with Gasteiger partial charge in [-0.25, -0.2) is 0 Å². The van der Waals surface area contributed by atoms with E-state index in [0.717, 1.165) is 23.5 Å². The summed E-state index contributed by atoms with van der Waals surface area (Å²) in [7, 11) is 1.90. The molecule has 6 heteroatoms. The van der Waals surface area contributed by atoms with Crippen molar-refractivity contribution in [3.8, 4) is 11.4 Å². The molecule has 3 aromatic rings. The van der Waals surface area contributed by atoms with Crippen molar-refractivity contribution in [3.05, 3.63) is 59.9 Å². The third kappa shape index (κ3) is 3.29. The second kappa shape index (κ2) is 6.23. The largest absolute Gasteiger partial charge is 0.314 e. The Labute approximate surface area is 122 Å². The Balaban J connectivity index is 1.77. The molecular weight excluding hydrogens is 264 g/mol. The van der Waals surface area contributed by atoms with Gasteiger partial charge in [0.1, 0.15) is 6.54 Å². The maximum absolute atomic E-state index is 4.55. The van der Waals surface area contributed by atoms with E-state index >= 15 is 0 Å². The number of rotatable bonds is 5. The van der Waals surface area contributed by atoms with Crippen LogP contribution in [0.25, 0.3) is 11.4 Å². The fraction of sp³-hybridized carbons (Fsp3) is 0.200. The Hall–Kier alpha value is -2.60. The van der Waals surface area contributed by atoms with E-state index in [2.05, 4.69) is 25.7 Å². The summed E-state index contributed by atoms with van der Waals surface area (Å²) in [5, 5.41) is 15.6. The SMILES string of the molecule is CNCc1cccc(Cn2nnc(-c3ccccc3)n2)n1. The van der Waals surface area contributed by atoms with E-state index in [1.807, 2.05) is 55.6 Å². The molecule has 0 fully saturated rings. The van der Waals surface area contributed by atoms with E-state index in [1.165, 1.54) is 0 Å². The van der Waals surface area contributed by atoms with Gasteiger partial charge in [0.2, 0.25) is 5.82 Å². The average molecular weight is 280 g/mol. The van der Waals surface area contributed by atoms with Gasteiger partial charge in [-0.3, -0.25) is 4.98 Å². The summed E-state index contributed by atoms with van der Waals surface area (Å²) in [5.41, 5.74) is 2.87. The molecule has 0 spiro atoms. The molecule has 3 rings (SSSR count). The van der Waals surface area contributed by atoms with Gasteiger partial charge in [0.25, 0.3) is 0 Å². The minimum Gasteiger partial charge on any atom is -0.314 e. The quantitative estimate of drug-likeness (QED) is 0.767. The van der Waals surface area contributed by atoms with Crippen LogP contribution < -0.4 is 5.32 Å². The molecule has 0 atom stereocenters. The molecule has 0 bridgehead atoms. The van der Waals surface area contributed by atoms with Crippen LogP contribution in [0.2, 0.25) is 0 Å². The second-order valence-electron chi connectivity index (χ2n) is 4.66. The zero-order valence-corrected chi connectivity index (χ0v) is 11.8. The highest BCUT2D eigenvalue weighted by Gasteiger charge is 2.06. The first kappa shape index (κ1) is 13.4. The standard InChI is InChI=1S/C15H16N6/c1-16-10-13-8-5-9-14(17-13)11-21-19-15(18-20-21)12-6-3-2-4-7-12/h2-9,16H,10-11H2,1H3. The molecule has 21 heavy (non-hydrogen) atoms. The van der Waals surface area contributed by atoms with Crippen molar-refractivity contribution in [1.82, 2.24) is 30.5 Å². The summed E-state index contributed by atoms with van der Waals surface area (Å²) in [6, 6.07) is 15.8. The molecule has 0 saturated heterocycles. The van der Waals surface area contributed by atoms with Gasteiger partial charge in [-0.1, -0.05) is 36.4 Å². The van der Waals surface area contributed by atoms with E-state index in [0.29, 0.717) is 12.4 Å². The van der Waals surface area contributed by atoms with E-state index in [4.69, 9.17) is 0 Å². The first-order valence-electron chi connectivity index (χ1n) is 6.78. The number of pyridine rings is 1. The van der Waals surface area contributed by atoms with Gasteiger partial charge in [0, 0.05) is 12.1 Å². The van der Waals surface area contributed by atoms with E-state index in [9.17, 15) is 0 Å². The fourth-order valence-corrected chi connectivity index (χ4v) is 2.05. The Morgan fingerprint density at radius 1 is 1.00 bits per heavy atom. The number of hydrogen-bond donors (Lipinski definition) is 1. The lowest BCUT2D eigenvalue weighted by Gasteiger charge is -2.03. The van der Waals surface area contributed by atoms with Crippen LogP contribution in [0.4, 0.5) is 0 Å². The maximum atomic E-state index is 4.55. The Bertz CT molecular complexity index is 707. The zero-order valence-electron chi connectivity index (χ0n) is 11.8. The normalized spacial score (nSPS) is 10.7. The smallest absolute Gasteiger partial charge is 0.204 e. The van der Waals surface area contributed by atoms with Crippen LogP contribution in [0.15, 0.2) is 48.5 Å². The summed E-state index contributed by atoms with van der Waals surface area (Å²) in [6.45, 7) is 1.26. The van der Waals surface area contributed by atoms with E-state index in [-0.39, 0.29) is 0 Å². The lowest BCUT2D eigenvalue weighted by Crippen LogP contribution is -2.10. The van der Waals surface area contributed by atoms with Gasteiger partial charge in [-0.2, -0.15) is 4.80 Å². The highest BCUT2D eigenvalue weighted by molar-refractivity contribution is 5.52. The van der Waals surface area contributed by atoms with Gasteiger partial charge >= 0.3 is 0 Å². The third-order valence-electron chi connectivity index (χ3n) is 3.01. The Morgan fingerprint density at radius 3 is 2.62 bits per heavy atom. The van der Waals surface area contributed by atoms with Crippen molar-refractivity contribution in [3.63, 3.8) is 0 Å². The monoisotopic (exact) mass is 280 g/mol. The van der Waals surface area contributed by atoms with Gasteiger partial charge < -0.3 is 5.32 Å². The van der Waals surface area contributed by atoms with Gasteiger partial charge in [0.05, 0.1) is 11.4 Å². The summed E-state index contributed by atoms with van der Waals surface area (Å²) in [6.07, 6.45) is 0. The van der Waals surface area contributed by atoms with Crippen molar-refractivity contribution in [2.24, 2.45) is 0 Å². The van der Waals surface area contributed by atoms with Crippen LogP contribution in [0.1, 0.15) is 11.4 Å². The van der Waals surface area contributed by atoms with Crippen LogP contribution >= 0.6 is 0 Å². The number of nitrogens with zero attached hydrogens (tertiary/aromatic N) is 5. The van der Waals surface area contributed by atoms with Crippen LogP contribution in [-0.4, -0.2) is 32.2 Å². The lowest BCUT2D eigenvalue weighted by atomic mass is 10.2. The molecule has 1 aromatic carbocycles. The van der Waals surface area contributed by atoms with Crippen molar-refractivity contribution in [2.75, 3.05) is 7.05 Å². The van der Waals surface area contributed by atoms with Gasteiger partial charge in [-0.05, 0) is 24.4 Å². The predicted octanol–water partition coefficient (Wildman–Crippen LogP) is 1.50. The maximum Gasteiger partial charge on any atom is 0.204 e.